The number of anilines is 9. The minimum Gasteiger partial charge on any atom is -0.454 e. The summed E-state index contributed by atoms with van der Waals surface area (Å²) in [5, 5.41) is 10.7. The van der Waals surface area contributed by atoms with Gasteiger partial charge in [-0.05, 0) is 174 Å². The monoisotopic (exact) mass is 1410 g/mol. The SMILES string of the molecule is CC(C)(C)c1ccc(N(c2ccc(C(C)(C)C)cc2)c2ccc(C3(c4ccc([Si](C)(C)C)cc4)c4cc(N(c5ccc(C(C)(C)C)cc5)c5cccc6ccccc56)c5c(sc6ccccc65)c4-c4c3cc(N(c3ccc(C(C)(C)C)cc3)c3cccc5ccccc35)c3oc5ccccc5c43)cc2)cc1. The molecule has 0 saturated heterocycles. The predicted octanol–water partition coefficient (Wildman–Crippen LogP) is 28.8. The zero-order chi connectivity index (χ0) is 73.6. The van der Waals surface area contributed by atoms with Gasteiger partial charge in [-0.25, -0.2) is 0 Å². The molecule has 524 valence electrons. The highest BCUT2D eigenvalue weighted by atomic mass is 32.1. The number of benzene rings is 14. The number of hydrogen-bond acceptors (Lipinski definition) is 5. The van der Waals surface area contributed by atoms with E-state index in [-0.39, 0.29) is 21.7 Å². The number of rotatable bonds is 12. The fourth-order valence-corrected chi connectivity index (χ4v) is 19.2. The first-order valence-corrected chi connectivity index (χ1v) is 42.0. The van der Waals surface area contributed by atoms with Gasteiger partial charge in [0.2, 0.25) is 0 Å². The molecule has 17 rings (SSSR count). The van der Waals surface area contributed by atoms with Crippen molar-refractivity contribution in [2.75, 3.05) is 14.7 Å². The van der Waals surface area contributed by atoms with Crippen molar-refractivity contribution < 1.29 is 4.42 Å². The molecule has 106 heavy (non-hydrogen) atoms. The molecule has 0 saturated carbocycles. The van der Waals surface area contributed by atoms with E-state index in [2.05, 4.69) is 409 Å². The number of thiophene rings is 1. The molecule has 1 unspecified atom stereocenters. The van der Waals surface area contributed by atoms with Crippen molar-refractivity contribution in [3.63, 3.8) is 0 Å². The molecule has 0 bridgehead atoms. The normalized spacial score (nSPS) is 14.2. The molecular weight excluding hydrogens is 1320 g/mol. The summed E-state index contributed by atoms with van der Waals surface area (Å²) in [6.07, 6.45) is 0. The van der Waals surface area contributed by atoms with E-state index in [9.17, 15) is 0 Å². The highest BCUT2D eigenvalue weighted by molar-refractivity contribution is 7.26. The van der Waals surface area contributed by atoms with Gasteiger partial charge in [0, 0.05) is 81.3 Å². The first kappa shape index (κ1) is 68.4. The molecule has 6 heteroatoms. The van der Waals surface area contributed by atoms with Crippen LogP contribution in [0.2, 0.25) is 19.6 Å². The third kappa shape index (κ3) is 11.4. The summed E-state index contributed by atoms with van der Waals surface area (Å²) in [4.78, 5) is 7.57. The molecule has 0 amide bonds. The Hall–Kier alpha value is -10.8. The second-order valence-electron chi connectivity index (χ2n) is 34.6. The Balaban J connectivity index is 1.06. The van der Waals surface area contributed by atoms with Crippen molar-refractivity contribution in [1.29, 1.82) is 0 Å². The third-order valence-corrected chi connectivity index (χ3v) is 25.8. The summed E-state index contributed by atoms with van der Waals surface area (Å²) in [6.45, 7) is 35.0. The van der Waals surface area contributed by atoms with Crippen molar-refractivity contribution in [2.24, 2.45) is 0 Å². The maximum atomic E-state index is 7.72. The Morgan fingerprint density at radius 1 is 0.321 bits per heavy atom. The first-order valence-electron chi connectivity index (χ1n) is 37.7. The fourth-order valence-electron chi connectivity index (χ4n) is 16.7. The third-order valence-electron chi connectivity index (χ3n) is 22.5. The van der Waals surface area contributed by atoms with E-state index in [1.54, 1.807) is 0 Å². The zero-order valence-electron chi connectivity index (χ0n) is 63.9. The number of hydrogen-bond donors (Lipinski definition) is 0. The predicted molar refractivity (Wildman–Crippen MR) is 461 cm³/mol. The van der Waals surface area contributed by atoms with Gasteiger partial charge >= 0.3 is 0 Å². The molecule has 0 aliphatic heterocycles. The molecule has 2 heterocycles. The maximum absolute atomic E-state index is 7.72. The number of nitrogens with zero attached hydrogens (tertiary/aromatic N) is 3. The van der Waals surface area contributed by atoms with Crippen molar-refractivity contribution >= 4 is 139 Å². The van der Waals surface area contributed by atoms with E-state index in [4.69, 9.17) is 4.42 Å². The van der Waals surface area contributed by atoms with Gasteiger partial charge in [-0.2, -0.15) is 0 Å². The fraction of sp³-hybridized carbons (Fsp3) is 0.200. The lowest BCUT2D eigenvalue weighted by Gasteiger charge is -2.37. The molecule has 0 fully saturated rings. The van der Waals surface area contributed by atoms with Crippen LogP contribution in [0.15, 0.2) is 296 Å². The van der Waals surface area contributed by atoms with E-state index in [0.717, 1.165) is 89.5 Å². The quantitative estimate of drug-likeness (QED) is 0.114. The van der Waals surface area contributed by atoms with Crippen LogP contribution in [0, 0.1) is 0 Å². The smallest absolute Gasteiger partial charge is 0.160 e. The van der Waals surface area contributed by atoms with Crippen LogP contribution >= 0.6 is 11.3 Å². The Kier molecular flexibility index (Phi) is 16.3. The molecule has 1 atom stereocenters. The largest absolute Gasteiger partial charge is 0.454 e. The lowest BCUT2D eigenvalue weighted by atomic mass is 9.67. The summed E-state index contributed by atoms with van der Waals surface area (Å²) >= 11 is 1.92. The van der Waals surface area contributed by atoms with Crippen molar-refractivity contribution in [3.8, 4) is 11.1 Å². The van der Waals surface area contributed by atoms with Crippen molar-refractivity contribution in [3.05, 3.63) is 336 Å². The second-order valence-corrected chi connectivity index (χ2v) is 40.7. The highest BCUT2D eigenvalue weighted by Gasteiger charge is 2.51. The van der Waals surface area contributed by atoms with Gasteiger partial charge in [-0.1, -0.05) is 302 Å². The van der Waals surface area contributed by atoms with Gasteiger partial charge in [0.25, 0.3) is 0 Å². The molecule has 0 N–H and O–H groups in total. The molecule has 1 aliphatic carbocycles. The van der Waals surface area contributed by atoms with Crippen LogP contribution in [0.25, 0.3) is 74.8 Å². The van der Waals surface area contributed by atoms with Gasteiger partial charge in [0.15, 0.2) is 5.58 Å². The lowest BCUT2D eigenvalue weighted by Crippen LogP contribution is -2.38. The van der Waals surface area contributed by atoms with Crippen LogP contribution in [0.1, 0.15) is 128 Å². The molecule has 0 spiro atoms. The van der Waals surface area contributed by atoms with Crippen molar-refractivity contribution in [1.82, 2.24) is 0 Å². The number of fused-ring (bicyclic) bond motifs is 13. The average molecular weight is 1410 g/mol. The summed E-state index contributed by atoms with van der Waals surface area (Å²) in [7, 11) is -1.87. The summed E-state index contributed by atoms with van der Waals surface area (Å²) in [6, 6.07) is 112. The van der Waals surface area contributed by atoms with Gasteiger partial charge in [-0.15, -0.1) is 11.3 Å². The molecule has 1 aliphatic rings. The van der Waals surface area contributed by atoms with Gasteiger partial charge < -0.3 is 19.1 Å². The van der Waals surface area contributed by atoms with Gasteiger partial charge in [-0.3, -0.25) is 0 Å². The average Bonchev–Trinajstić information content (AvgIpc) is 1.50. The van der Waals surface area contributed by atoms with E-state index in [1.807, 2.05) is 11.3 Å². The van der Waals surface area contributed by atoms with Crippen molar-refractivity contribution in [2.45, 2.75) is 130 Å². The van der Waals surface area contributed by atoms with E-state index in [1.165, 1.54) is 86.2 Å². The van der Waals surface area contributed by atoms with E-state index >= 15 is 0 Å². The van der Waals surface area contributed by atoms with E-state index in [0.29, 0.717) is 0 Å². The molecular formula is C100H93N3OSSi. The molecule has 0 radical (unpaired) electrons. The van der Waals surface area contributed by atoms with Crippen LogP contribution in [0.4, 0.5) is 51.2 Å². The standard InChI is InChI=1S/C100H93N3OSSi/c1-96(2,3)66-38-50-72(51-39-66)101(73-52-40-67(41-53-73)97(4,5)6)74-58-46-70(47-59-74)100(71-48-60-77(61-49-71)106(13,14)15)82-63-87(103(76-56-44-69(45-57-76)99(10,11)12)85-35-25-29-65-27-17-19-31-79(65)85)94-91(80-32-20-22-36-88(80)104-94)92(82)93-83(100)62-86(90-81-33-21-23-37-89(81)105-95(90)93)102(75-54-42-68(43-55-75)98(7,8)9)84-34-24-28-64-26-16-18-30-78(64)84/h16-63H,1-15H3. The molecule has 16 aromatic rings. The topological polar surface area (TPSA) is 22.9 Å². The minimum absolute atomic E-state index is 0.0180. The first-order chi connectivity index (χ1) is 50.7. The number of para-hydroxylation sites is 1. The lowest BCUT2D eigenvalue weighted by molar-refractivity contribution is 0.590. The zero-order valence-corrected chi connectivity index (χ0v) is 65.7. The second kappa shape index (κ2) is 25.2. The van der Waals surface area contributed by atoms with Crippen LogP contribution < -0.4 is 19.9 Å². The molecule has 4 nitrogen and oxygen atoms in total. The van der Waals surface area contributed by atoms with Crippen LogP contribution in [-0.2, 0) is 27.1 Å². The Labute approximate surface area is 630 Å². The minimum atomic E-state index is -1.87. The van der Waals surface area contributed by atoms with Crippen LogP contribution in [0.3, 0.4) is 0 Å². The van der Waals surface area contributed by atoms with Gasteiger partial charge in [0.1, 0.15) is 5.58 Å². The summed E-state index contributed by atoms with van der Waals surface area (Å²) in [5.41, 5.74) is 22.5. The summed E-state index contributed by atoms with van der Waals surface area (Å²) in [5.74, 6) is 0. The highest BCUT2D eigenvalue weighted by Crippen LogP contribution is 2.66. The van der Waals surface area contributed by atoms with Crippen LogP contribution in [0.5, 0.6) is 0 Å². The summed E-state index contributed by atoms with van der Waals surface area (Å²) < 4.78 is 10.2. The number of furan rings is 1. The van der Waals surface area contributed by atoms with Gasteiger partial charge in [0.05, 0.1) is 36.2 Å². The maximum Gasteiger partial charge on any atom is 0.160 e. The van der Waals surface area contributed by atoms with Crippen LogP contribution in [-0.4, -0.2) is 8.07 Å². The Morgan fingerprint density at radius 3 is 1.15 bits per heavy atom. The van der Waals surface area contributed by atoms with E-state index < -0.39 is 13.5 Å². The molecule has 2 aromatic heterocycles. The Morgan fingerprint density at radius 2 is 0.689 bits per heavy atom. The Bertz CT molecular complexity index is 6000. The molecule has 14 aromatic carbocycles.